The fourth-order valence-corrected chi connectivity index (χ4v) is 5.75. The molecule has 0 spiro atoms. The molecule has 0 radical (unpaired) electrons. The summed E-state index contributed by atoms with van der Waals surface area (Å²) in [6.45, 7) is 4.23. The summed E-state index contributed by atoms with van der Waals surface area (Å²) in [4.78, 5) is 29.8. The number of carbonyl (C=O) groups is 2. The van der Waals surface area contributed by atoms with E-state index in [9.17, 15) is 14.0 Å². The first-order chi connectivity index (χ1) is 16.4. The summed E-state index contributed by atoms with van der Waals surface area (Å²) in [7, 11) is 0. The van der Waals surface area contributed by atoms with E-state index < -0.39 is 5.92 Å². The normalized spacial score (nSPS) is 20.9. The number of para-hydroxylation sites is 1. The van der Waals surface area contributed by atoms with E-state index in [2.05, 4.69) is 18.7 Å². The Kier molecular flexibility index (Phi) is 4.50. The third-order valence-corrected chi connectivity index (χ3v) is 7.11. The lowest BCUT2D eigenvalue weighted by molar-refractivity contribution is -0.118. The predicted molar refractivity (Wildman–Crippen MR) is 131 cm³/mol. The quantitative estimate of drug-likeness (QED) is 0.438. The van der Waals surface area contributed by atoms with Gasteiger partial charge in [-0.05, 0) is 41.7 Å². The molecule has 0 fully saturated rings. The lowest BCUT2D eigenvalue weighted by Gasteiger charge is -2.44. The first-order valence-corrected chi connectivity index (χ1v) is 11.6. The summed E-state index contributed by atoms with van der Waals surface area (Å²) in [6.07, 6.45) is 1.11. The SMILES string of the molecule is CC1(C)CC(=O)C2=C(C1)N(c1ccccc1)C1=C(C(=O)c3ccccc31)C2c1ccc(F)cc1. The molecule has 1 heterocycles. The summed E-state index contributed by atoms with van der Waals surface area (Å²) in [5.41, 5.74) is 6.04. The molecule has 3 aromatic carbocycles. The minimum atomic E-state index is -0.519. The third-order valence-electron chi connectivity index (χ3n) is 7.11. The van der Waals surface area contributed by atoms with Crippen LogP contribution < -0.4 is 4.90 Å². The fraction of sp³-hybridized carbons (Fsp3) is 0.200. The molecular formula is C30H24FNO2. The Morgan fingerprint density at radius 3 is 2.15 bits per heavy atom. The van der Waals surface area contributed by atoms with Gasteiger partial charge >= 0.3 is 0 Å². The maximum absolute atomic E-state index is 13.9. The van der Waals surface area contributed by atoms with Crippen molar-refractivity contribution in [2.24, 2.45) is 5.41 Å². The molecule has 4 heteroatoms. The van der Waals surface area contributed by atoms with Crippen LogP contribution in [-0.2, 0) is 4.79 Å². The number of benzene rings is 3. The number of Topliss-reactive ketones (excluding diaryl/α,β-unsaturated/α-hetero) is 2. The largest absolute Gasteiger partial charge is 0.313 e. The second kappa shape index (κ2) is 7.36. The molecule has 1 aliphatic heterocycles. The number of carbonyl (C=O) groups excluding carboxylic acids is 2. The van der Waals surface area contributed by atoms with Crippen molar-refractivity contribution in [1.29, 1.82) is 0 Å². The van der Waals surface area contributed by atoms with E-state index in [0.717, 1.165) is 28.2 Å². The average Bonchev–Trinajstić information content (AvgIpc) is 3.11. The van der Waals surface area contributed by atoms with E-state index in [1.54, 1.807) is 12.1 Å². The van der Waals surface area contributed by atoms with Crippen LogP contribution in [0, 0.1) is 11.2 Å². The molecule has 0 amide bonds. The molecule has 0 N–H and O–H groups in total. The summed E-state index contributed by atoms with van der Waals surface area (Å²) in [5.74, 6) is -0.873. The van der Waals surface area contributed by atoms with Gasteiger partial charge in [-0.15, -0.1) is 0 Å². The van der Waals surface area contributed by atoms with Crippen molar-refractivity contribution in [2.75, 3.05) is 4.90 Å². The molecule has 0 saturated heterocycles. The Labute approximate surface area is 198 Å². The predicted octanol–water partition coefficient (Wildman–Crippen LogP) is 6.68. The van der Waals surface area contributed by atoms with Gasteiger partial charge in [0.25, 0.3) is 0 Å². The van der Waals surface area contributed by atoms with Crippen molar-refractivity contribution in [3.8, 4) is 0 Å². The lowest BCUT2D eigenvalue weighted by atomic mass is 9.68. The molecule has 3 aromatic rings. The molecular weight excluding hydrogens is 425 g/mol. The highest BCUT2D eigenvalue weighted by molar-refractivity contribution is 6.25. The van der Waals surface area contributed by atoms with E-state index in [0.29, 0.717) is 29.6 Å². The van der Waals surface area contributed by atoms with Gasteiger partial charge in [-0.25, -0.2) is 4.39 Å². The van der Waals surface area contributed by atoms with Gasteiger partial charge < -0.3 is 4.90 Å². The Balaban J connectivity index is 1.70. The van der Waals surface area contributed by atoms with Crippen LogP contribution >= 0.6 is 0 Å². The number of anilines is 1. The zero-order valence-corrected chi connectivity index (χ0v) is 19.1. The zero-order chi connectivity index (χ0) is 23.6. The van der Waals surface area contributed by atoms with Gasteiger partial charge in [-0.2, -0.15) is 0 Å². The standard InChI is InChI=1S/C30H24FNO2/c1-30(2)16-23-26(24(33)17-30)25(18-12-14-19(31)15-13-18)27-28(32(23)20-8-4-3-5-9-20)21-10-6-7-11-22(21)29(27)34/h3-15,25H,16-17H2,1-2H3. The molecule has 0 bridgehead atoms. The second-order valence-electron chi connectivity index (χ2n) is 10.1. The number of fused-ring (bicyclic) bond motifs is 2. The molecule has 0 saturated carbocycles. The van der Waals surface area contributed by atoms with Crippen LogP contribution in [0.4, 0.5) is 10.1 Å². The lowest BCUT2D eigenvalue weighted by Crippen LogP contribution is -2.39. The summed E-state index contributed by atoms with van der Waals surface area (Å²) >= 11 is 0. The first kappa shape index (κ1) is 20.8. The van der Waals surface area contributed by atoms with Crippen LogP contribution in [0.2, 0.25) is 0 Å². The molecule has 3 nitrogen and oxygen atoms in total. The summed E-state index contributed by atoms with van der Waals surface area (Å²) in [6, 6.07) is 23.8. The second-order valence-corrected chi connectivity index (χ2v) is 10.1. The van der Waals surface area contributed by atoms with Crippen molar-refractivity contribution in [3.05, 3.63) is 118 Å². The monoisotopic (exact) mass is 449 g/mol. The van der Waals surface area contributed by atoms with Crippen LogP contribution in [0.5, 0.6) is 0 Å². The van der Waals surface area contributed by atoms with Crippen molar-refractivity contribution in [3.63, 3.8) is 0 Å². The molecule has 0 aromatic heterocycles. The highest BCUT2D eigenvalue weighted by Crippen LogP contribution is 2.56. The van der Waals surface area contributed by atoms with Gasteiger partial charge in [0.2, 0.25) is 0 Å². The molecule has 1 atom stereocenters. The minimum Gasteiger partial charge on any atom is -0.313 e. The maximum Gasteiger partial charge on any atom is 0.192 e. The number of allylic oxidation sites excluding steroid dienone is 3. The van der Waals surface area contributed by atoms with Crippen molar-refractivity contribution in [2.45, 2.75) is 32.6 Å². The van der Waals surface area contributed by atoms with Gasteiger partial charge in [0.15, 0.2) is 11.6 Å². The highest BCUT2D eigenvalue weighted by Gasteiger charge is 2.49. The van der Waals surface area contributed by atoms with E-state index in [1.807, 2.05) is 54.6 Å². The zero-order valence-electron chi connectivity index (χ0n) is 19.1. The van der Waals surface area contributed by atoms with Gasteiger partial charge in [0.05, 0.1) is 5.70 Å². The van der Waals surface area contributed by atoms with Crippen molar-refractivity contribution < 1.29 is 14.0 Å². The van der Waals surface area contributed by atoms with Gasteiger partial charge in [0.1, 0.15) is 5.82 Å². The molecule has 2 aliphatic carbocycles. The average molecular weight is 450 g/mol. The van der Waals surface area contributed by atoms with E-state index in [1.165, 1.54) is 12.1 Å². The smallest absolute Gasteiger partial charge is 0.192 e. The Morgan fingerprint density at radius 1 is 0.794 bits per heavy atom. The number of hydrogen-bond acceptors (Lipinski definition) is 3. The van der Waals surface area contributed by atoms with Crippen LogP contribution in [0.15, 0.2) is 95.7 Å². The molecule has 6 rings (SSSR count). The Hall–Kier alpha value is -3.79. The third kappa shape index (κ3) is 3.02. The maximum atomic E-state index is 13.9. The number of hydrogen-bond donors (Lipinski definition) is 0. The van der Waals surface area contributed by atoms with Crippen LogP contribution in [0.25, 0.3) is 5.70 Å². The topological polar surface area (TPSA) is 37.4 Å². The Morgan fingerprint density at radius 2 is 1.44 bits per heavy atom. The number of rotatable bonds is 2. The van der Waals surface area contributed by atoms with Gasteiger partial charge in [0, 0.05) is 46.0 Å². The number of ketones is 2. The molecule has 34 heavy (non-hydrogen) atoms. The van der Waals surface area contributed by atoms with Crippen LogP contribution in [-0.4, -0.2) is 11.6 Å². The van der Waals surface area contributed by atoms with Crippen molar-refractivity contribution >= 4 is 23.0 Å². The fourth-order valence-electron chi connectivity index (χ4n) is 5.75. The summed E-state index contributed by atoms with van der Waals surface area (Å²) < 4.78 is 13.8. The first-order valence-electron chi connectivity index (χ1n) is 11.6. The van der Waals surface area contributed by atoms with E-state index in [4.69, 9.17) is 0 Å². The Bertz CT molecular complexity index is 1410. The highest BCUT2D eigenvalue weighted by atomic mass is 19.1. The van der Waals surface area contributed by atoms with E-state index >= 15 is 0 Å². The molecule has 1 unspecified atom stereocenters. The van der Waals surface area contributed by atoms with Crippen LogP contribution in [0.1, 0.15) is 54.1 Å². The molecule has 3 aliphatic rings. The minimum absolute atomic E-state index is 0.0526. The van der Waals surface area contributed by atoms with Crippen molar-refractivity contribution in [1.82, 2.24) is 0 Å². The van der Waals surface area contributed by atoms with Gasteiger partial charge in [-0.3, -0.25) is 9.59 Å². The van der Waals surface area contributed by atoms with E-state index in [-0.39, 0.29) is 22.8 Å². The number of halogens is 1. The van der Waals surface area contributed by atoms with Crippen LogP contribution in [0.3, 0.4) is 0 Å². The summed E-state index contributed by atoms with van der Waals surface area (Å²) in [5, 5.41) is 0. The molecule has 168 valence electrons. The number of nitrogens with zero attached hydrogens (tertiary/aromatic N) is 1. The van der Waals surface area contributed by atoms with Gasteiger partial charge in [-0.1, -0.05) is 68.4 Å².